The second-order valence-corrected chi connectivity index (χ2v) is 8.12. The van der Waals surface area contributed by atoms with Gasteiger partial charge in [0.25, 0.3) is 5.91 Å². The van der Waals surface area contributed by atoms with Gasteiger partial charge < -0.3 is 14.8 Å². The van der Waals surface area contributed by atoms with Crippen LogP contribution in [-0.2, 0) is 13.1 Å². The lowest BCUT2D eigenvalue weighted by molar-refractivity contribution is 0.0715. The predicted octanol–water partition coefficient (Wildman–Crippen LogP) is 2.95. The lowest BCUT2D eigenvalue weighted by Crippen LogP contribution is -2.38. The smallest absolute Gasteiger partial charge is 0.265 e. The zero-order chi connectivity index (χ0) is 18.9. The van der Waals surface area contributed by atoms with Crippen LogP contribution in [0.1, 0.15) is 40.1 Å². The first-order valence-corrected chi connectivity index (χ1v) is 10.5. The third-order valence-corrected chi connectivity index (χ3v) is 6.37. The predicted molar refractivity (Wildman–Crippen MR) is 114 cm³/mol. The molecule has 0 unspecified atom stereocenters. The van der Waals surface area contributed by atoms with Gasteiger partial charge in [0.15, 0.2) is 0 Å². The summed E-state index contributed by atoms with van der Waals surface area (Å²) in [5, 5.41) is 12.1. The molecule has 4 heterocycles. The fraction of sp³-hybridized carbons (Fsp3) is 0.400. The van der Waals surface area contributed by atoms with Gasteiger partial charge in [0, 0.05) is 37.7 Å². The fourth-order valence-corrected chi connectivity index (χ4v) is 4.76. The van der Waals surface area contributed by atoms with E-state index in [0.717, 1.165) is 68.5 Å². The van der Waals surface area contributed by atoms with Gasteiger partial charge in [0.05, 0.1) is 12.2 Å². The Balaban J connectivity index is 0.00000205. The van der Waals surface area contributed by atoms with Gasteiger partial charge in [-0.05, 0) is 30.4 Å². The summed E-state index contributed by atoms with van der Waals surface area (Å²) >= 11 is 1.29. The van der Waals surface area contributed by atoms with Crippen LogP contribution in [0.3, 0.4) is 0 Å². The zero-order valence-electron chi connectivity index (χ0n) is 16.0. The van der Waals surface area contributed by atoms with Crippen LogP contribution in [0.25, 0.3) is 11.3 Å². The molecule has 0 radical (unpaired) electrons. The summed E-state index contributed by atoms with van der Waals surface area (Å²) in [4.78, 5) is 15.6. The number of likely N-dealkylation sites (tertiary alicyclic amines) is 1. The van der Waals surface area contributed by atoms with Gasteiger partial charge in [-0.2, -0.15) is 4.37 Å². The number of carbonyl (C=O) groups is 1. The molecule has 7 nitrogen and oxygen atoms in total. The zero-order valence-corrected chi connectivity index (χ0v) is 17.6. The molecule has 2 aliphatic rings. The second-order valence-electron chi connectivity index (χ2n) is 7.31. The summed E-state index contributed by atoms with van der Waals surface area (Å²) in [7, 11) is 0. The molecule has 5 rings (SSSR count). The number of piperidine rings is 1. The molecule has 1 amide bonds. The summed E-state index contributed by atoms with van der Waals surface area (Å²) in [5.41, 5.74) is 1.91. The van der Waals surface area contributed by atoms with Crippen molar-refractivity contribution in [3.8, 4) is 11.3 Å². The summed E-state index contributed by atoms with van der Waals surface area (Å²) in [6, 6.07) is 11.9. The standard InChI is InChI=1S/C20H22N6OS.ClH/c27-20(17-12-16(24-28-17)14-4-2-1-3-5-14)25-9-6-15(7-10-25)19-23-22-18-13-21-8-11-26(18)19;/h1-5,12,15,21H,6-11,13H2;1H. The van der Waals surface area contributed by atoms with Crippen LogP contribution < -0.4 is 5.32 Å². The molecule has 3 aromatic rings. The molecule has 1 fully saturated rings. The van der Waals surface area contributed by atoms with Gasteiger partial charge in [0.1, 0.15) is 16.5 Å². The van der Waals surface area contributed by atoms with Gasteiger partial charge in [0.2, 0.25) is 0 Å². The minimum absolute atomic E-state index is 0. The summed E-state index contributed by atoms with van der Waals surface area (Å²) < 4.78 is 6.73. The molecule has 1 saturated heterocycles. The Hall–Kier alpha value is -2.29. The van der Waals surface area contributed by atoms with Crippen molar-refractivity contribution in [3.63, 3.8) is 0 Å². The van der Waals surface area contributed by atoms with Gasteiger partial charge in [-0.25, -0.2) is 0 Å². The fourth-order valence-electron chi connectivity index (χ4n) is 4.03. The van der Waals surface area contributed by atoms with E-state index in [1.54, 1.807) is 0 Å². The van der Waals surface area contributed by atoms with E-state index in [-0.39, 0.29) is 18.3 Å². The molecule has 0 spiro atoms. The van der Waals surface area contributed by atoms with E-state index in [4.69, 9.17) is 0 Å². The second kappa shape index (κ2) is 8.61. The molecule has 1 aromatic carbocycles. The third-order valence-electron chi connectivity index (χ3n) is 5.59. The van der Waals surface area contributed by atoms with E-state index in [1.165, 1.54) is 11.5 Å². The monoisotopic (exact) mass is 430 g/mol. The lowest BCUT2D eigenvalue weighted by atomic mass is 9.95. The number of hydrogen-bond acceptors (Lipinski definition) is 6. The molecular weight excluding hydrogens is 408 g/mol. The van der Waals surface area contributed by atoms with Crippen molar-refractivity contribution in [1.82, 2.24) is 29.4 Å². The SMILES string of the molecule is Cl.O=C(c1cc(-c2ccccc2)ns1)N1CCC(c2nnc3n2CCNC3)CC1. The Morgan fingerprint density at radius 1 is 1.10 bits per heavy atom. The summed E-state index contributed by atoms with van der Waals surface area (Å²) in [6.45, 7) is 4.19. The topological polar surface area (TPSA) is 75.9 Å². The third kappa shape index (κ3) is 3.92. The number of fused-ring (bicyclic) bond motifs is 1. The summed E-state index contributed by atoms with van der Waals surface area (Å²) in [6.07, 6.45) is 1.86. The van der Waals surface area contributed by atoms with Crippen molar-refractivity contribution in [2.75, 3.05) is 19.6 Å². The number of aromatic nitrogens is 4. The molecule has 2 aromatic heterocycles. The highest BCUT2D eigenvalue weighted by molar-refractivity contribution is 7.08. The number of carbonyl (C=O) groups excluding carboxylic acids is 1. The van der Waals surface area contributed by atoms with E-state index in [0.29, 0.717) is 10.8 Å². The maximum atomic E-state index is 12.9. The van der Waals surface area contributed by atoms with Crippen molar-refractivity contribution < 1.29 is 4.79 Å². The van der Waals surface area contributed by atoms with Crippen molar-refractivity contribution in [1.29, 1.82) is 0 Å². The molecule has 152 valence electrons. The lowest BCUT2D eigenvalue weighted by Gasteiger charge is -2.31. The quantitative estimate of drug-likeness (QED) is 0.691. The molecule has 29 heavy (non-hydrogen) atoms. The molecule has 2 aliphatic heterocycles. The molecule has 9 heteroatoms. The van der Waals surface area contributed by atoms with Crippen LogP contribution in [0.15, 0.2) is 36.4 Å². The number of nitrogens with one attached hydrogen (secondary N) is 1. The van der Waals surface area contributed by atoms with Crippen molar-refractivity contribution >= 4 is 29.8 Å². The molecule has 0 bridgehead atoms. The number of rotatable bonds is 3. The van der Waals surface area contributed by atoms with Crippen LogP contribution in [0.5, 0.6) is 0 Å². The molecule has 0 saturated carbocycles. The maximum Gasteiger partial charge on any atom is 0.265 e. The first kappa shape index (κ1) is 20.0. The van der Waals surface area contributed by atoms with Gasteiger partial charge in [-0.1, -0.05) is 30.3 Å². The minimum atomic E-state index is 0. The Labute approximate surface area is 179 Å². The van der Waals surface area contributed by atoms with Crippen LogP contribution in [0.2, 0.25) is 0 Å². The number of hydrogen-bond donors (Lipinski definition) is 1. The van der Waals surface area contributed by atoms with Gasteiger partial charge in [-0.15, -0.1) is 22.6 Å². The Bertz CT molecular complexity index is 980. The number of amides is 1. The molecular formula is C20H23ClN6OS. The highest BCUT2D eigenvalue weighted by Crippen LogP contribution is 2.29. The largest absolute Gasteiger partial charge is 0.338 e. The first-order chi connectivity index (χ1) is 13.8. The van der Waals surface area contributed by atoms with E-state index >= 15 is 0 Å². The van der Waals surface area contributed by atoms with Gasteiger partial charge in [-0.3, -0.25) is 4.79 Å². The van der Waals surface area contributed by atoms with E-state index in [1.807, 2.05) is 41.3 Å². The number of benzene rings is 1. The van der Waals surface area contributed by atoms with Crippen LogP contribution >= 0.6 is 23.9 Å². The maximum absolute atomic E-state index is 12.9. The van der Waals surface area contributed by atoms with Gasteiger partial charge >= 0.3 is 0 Å². The first-order valence-electron chi connectivity index (χ1n) is 9.74. The van der Waals surface area contributed by atoms with Crippen LogP contribution in [0.4, 0.5) is 0 Å². The van der Waals surface area contributed by atoms with E-state index in [9.17, 15) is 4.79 Å². The molecule has 0 aliphatic carbocycles. The molecule has 1 N–H and O–H groups in total. The average Bonchev–Trinajstić information content (AvgIpc) is 3.42. The Morgan fingerprint density at radius 3 is 2.69 bits per heavy atom. The van der Waals surface area contributed by atoms with Crippen LogP contribution in [-0.4, -0.2) is 49.6 Å². The normalized spacial score (nSPS) is 16.9. The summed E-state index contributed by atoms with van der Waals surface area (Å²) in [5.74, 6) is 2.58. The molecule has 0 atom stereocenters. The van der Waals surface area contributed by atoms with E-state index in [2.05, 4.69) is 24.5 Å². The average molecular weight is 431 g/mol. The highest BCUT2D eigenvalue weighted by Gasteiger charge is 2.29. The number of halogens is 1. The number of nitrogens with zero attached hydrogens (tertiary/aromatic N) is 5. The Kier molecular flexibility index (Phi) is 5.94. The van der Waals surface area contributed by atoms with Crippen molar-refractivity contribution in [2.45, 2.75) is 31.8 Å². The Morgan fingerprint density at radius 2 is 1.90 bits per heavy atom. The highest BCUT2D eigenvalue weighted by atomic mass is 35.5. The van der Waals surface area contributed by atoms with E-state index < -0.39 is 0 Å². The van der Waals surface area contributed by atoms with Crippen molar-refractivity contribution in [2.24, 2.45) is 0 Å². The van der Waals surface area contributed by atoms with Crippen LogP contribution in [0, 0.1) is 0 Å². The van der Waals surface area contributed by atoms with Crippen molar-refractivity contribution in [3.05, 3.63) is 52.9 Å². The minimum Gasteiger partial charge on any atom is -0.338 e.